The van der Waals surface area contributed by atoms with Gasteiger partial charge in [0.1, 0.15) is 19.3 Å². The van der Waals surface area contributed by atoms with Crippen molar-refractivity contribution >= 4 is 39.5 Å². The van der Waals surface area contributed by atoms with E-state index in [0.717, 1.165) is 95.8 Å². The van der Waals surface area contributed by atoms with Crippen molar-refractivity contribution in [2.75, 3.05) is 39.6 Å². The molecule has 17 nitrogen and oxygen atoms in total. The van der Waals surface area contributed by atoms with Crippen LogP contribution in [0.4, 0.5) is 0 Å². The highest BCUT2D eigenvalue weighted by Gasteiger charge is 2.30. The van der Waals surface area contributed by atoms with E-state index in [1.807, 2.05) is 0 Å². The van der Waals surface area contributed by atoms with E-state index < -0.39 is 97.5 Å². The van der Waals surface area contributed by atoms with Gasteiger partial charge in [-0.15, -0.1) is 0 Å². The highest BCUT2D eigenvalue weighted by molar-refractivity contribution is 7.47. The summed E-state index contributed by atoms with van der Waals surface area (Å²) in [6, 6.07) is 0. The van der Waals surface area contributed by atoms with Gasteiger partial charge in [-0.2, -0.15) is 0 Å². The number of rotatable bonds is 66. The number of aliphatic hydroxyl groups excluding tert-OH is 1. The highest BCUT2D eigenvalue weighted by Crippen LogP contribution is 2.45. The molecule has 0 aromatic heterocycles. The third kappa shape index (κ3) is 60.7. The molecule has 504 valence electrons. The standard InChI is InChI=1S/C66H128O17P2/c1-6-9-12-15-18-21-22-26-31-35-40-45-50-64(69)77-56-62(83-66(71)52-47-42-37-32-27-24-23-25-30-33-38-43-48-59(4)5)58-81-85(74,75)79-54-60(67)53-78-84(72,73)80-57-61(82-65(70)51-46-41-36-29-20-17-14-11-8-3)55-76-63(68)49-44-39-34-28-19-16-13-10-7-2/h59-62,67H,6-58H2,1-5H3,(H,72,73)(H,74,75)/t60-,61+,62+/m0/s1. The Morgan fingerprint density at radius 3 is 0.800 bits per heavy atom. The summed E-state index contributed by atoms with van der Waals surface area (Å²) in [6.45, 7) is 7.19. The van der Waals surface area contributed by atoms with Crippen LogP contribution in [0, 0.1) is 5.92 Å². The Labute approximate surface area is 517 Å². The monoisotopic (exact) mass is 1250 g/mol. The van der Waals surface area contributed by atoms with Gasteiger partial charge < -0.3 is 33.8 Å². The molecule has 0 aliphatic carbocycles. The van der Waals surface area contributed by atoms with E-state index in [2.05, 4.69) is 34.6 Å². The van der Waals surface area contributed by atoms with Crippen LogP contribution >= 0.6 is 15.6 Å². The van der Waals surface area contributed by atoms with Crippen LogP contribution in [0.1, 0.15) is 336 Å². The number of phosphoric acid groups is 2. The van der Waals surface area contributed by atoms with E-state index in [-0.39, 0.29) is 25.7 Å². The Balaban J connectivity index is 5.22. The quantitative estimate of drug-likeness (QED) is 0.0222. The number of ether oxygens (including phenoxy) is 4. The molecule has 0 heterocycles. The van der Waals surface area contributed by atoms with Crippen molar-refractivity contribution in [3.8, 4) is 0 Å². The largest absolute Gasteiger partial charge is 0.472 e. The molecular weight excluding hydrogens is 1130 g/mol. The molecule has 0 aliphatic heterocycles. The first kappa shape index (κ1) is 83.1. The summed E-state index contributed by atoms with van der Waals surface area (Å²) in [4.78, 5) is 72.2. The fourth-order valence-electron chi connectivity index (χ4n) is 9.94. The van der Waals surface area contributed by atoms with Crippen molar-refractivity contribution < 1.29 is 80.2 Å². The second-order valence-electron chi connectivity index (χ2n) is 24.3. The smallest absolute Gasteiger partial charge is 0.462 e. The number of unbranched alkanes of at least 4 members (excludes halogenated alkanes) is 38. The number of carbonyl (C=O) groups excluding carboxylic acids is 4. The van der Waals surface area contributed by atoms with Gasteiger partial charge in [0.2, 0.25) is 0 Å². The molecule has 5 atom stereocenters. The average molecular weight is 1260 g/mol. The predicted octanol–water partition coefficient (Wildman–Crippen LogP) is 18.6. The van der Waals surface area contributed by atoms with E-state index in [4.69, 9.17) is 37.0 Å². The first-order valence-electron chi connectivity index (χ1n) is 34.6. The minimum atomic E-state index is -4.95. The van der Waals surface area contributed by atoms with Gasteiger partial charge >= 0.3 is 39.5 Å². The molecule has 0 aliphatic rings. The van der Waals surface area contributed by atoms with Gasteiger partial charge in [0.05, 0.1) is 26.4 Å². The first-order chi connectivity index (χ1) is 41.0. The topological polar surface area (TPSA) is 237 Å². The average Bonchev–Trinajstić information content (AvgIpc) is 3.60. The van der Waals surface area contributed by atoms with Gasteiger partial charge in [0.15, 0.2) is 12.2 Å². The molecule has 0 spiro atoms. The molecule has 3 N–H and O–H groups in total. The van der Waals surface area contributed by atoms with Gasteiger partial charge in [-0.3, -0.25) is 37.3 Å². The zero-order valence-electron chi connectivity index (χ0n) is 54.7. The minimum absolute atomic E-state index is 0.106. The summed E-state index contributed by atoms with van der Waals surface area (Å²) < 4.78 is 68.0. The molecule has 0 fully saturated rings. The van der Waals surface area contributed by atoms with E-state index in [9.17, 15) is 43.2 Å². The second-order valence-corrected chi connectivity index (χ2v) is 27.2. The van der Waals surface area contributed by atoms with E-state index in [1.54, 1.807) is 0 Å². The van der Waals surface area contributed by atoms with Gasteiger partial charge in [-0.1, -0.05) is 285 Å². The summed E-state index contributed by atoms with van der Waals surface area (Å²) in [5, 5.41) is 10.5. The molecule has 85 heavy (non-hydrogen) atoms. The van der Waals surface area contributed by atoms with Crippen molar-refractivity contribution in [1.29, 1.82) is 0 Å². The van der Waals surface area contributed by atoms with Crippen molar-refractivity contribution in [2.45, 2.75) is 355 Å². The van der Waals surface area contributed by atoms with Gasteiger partial charge in [-0.25, -0.2) is 9.13 Å². The number of carbonyl (C=O) groups is 4. The third-order valence-corrected chi connectivity index (χ3v) is 17.2. The Kier molecular flexibility index (Phi) is 58.3. The van der Waals surface area contributed by atoms with E-state index in [0.29, 0.717) is 25.7 Å². The number of aliphatic hydroxyl groups is 1. The van der Waals surface area contributed by atoms with Crippen LogP contribution in [0.25, 0.3) is 0 Å². The fourth-order valence-corrected chi connectivity index (χ4v) is 11.5. The fraction of sp³-hybridized carbons (Fsp3) is 0.939. The zero-order valence-corrected chi connectivity index (χ0v) is 56.5. The number of hydrogen-bond acceptors (Lipinski definition) is 15. The van der Waals surface area contributed by atoms with Crippen LogP contribution in [0.2, 0.25) is 0 Å². The maximum absolute atomic E-state index is 13.0. The lowest BCUT2D eigenvalue weighted by molar-refractivity contribution is -0.161. The maximum atomic E-state index is 13.0. The molecule has 0 saturated carbocycles. The lowest BCUT2D eigenvalue weighted by Crippen LogP contribution is -2.30. The number of esters is 4. The van der Waals surface area contributed by atoms with Crippen molar-refractivity contribution in [2.24, 2.45) is 5.92 Å². The molecule has 19 heteroatoms. The maximum Gasteiger partial charge on any atom is 0.472 e. The molecule has 0 aromatic rings. The first-order valence-corrected chi connectivity index (χ1v) is 37.6. The molecule has 0 saturated heterocycles. The number of hydrogen-bond donors (Lipinski definition) is 3. The lowest BCUT2D eigenvalue weighted by Gasteiger charge is -2.21. The summed E-state index contributed by atoms with van der Waals surface area (Å²) in [7, 11) is -9.89. The SMILES string of the molecule is CCCCCCCCCCCCCCC(=O)OC[C@H](COP(=O)(O)OC[C@@H](O)COP(=O)(O)OC[C@@H](COC(=O)CCCCCCCCCCC)OC(=O)CCCCCCCCCCC)OC(=O)CCCCCCCCCCCCCCC(C)C. The van der Waals surface area contributed by atoms with Gasteiger partial charge in [0, 0.05) is 25.7 Å². The molecule has 0 radical (unpaired) electrons. The summed E-state index contributed by atoms with van der Waals surface area (Å²) in [6.07, 6.45) is 44.3. The van der Waals surface area contributed by atoms with Crippen LogP contribution in [-0.4, -0.2) is 96.7 Å². The Bertz CT molecular complexity index is 1650. The molecule has 0 rings (SSSR count). The Hall–Kier alpha value is -1.94. The normalized spacial score (nSPS) is 14.2. The van der Waals surface area contributed by atoms with Crippen molar-refractivity contribution in [1.82, 2.24) is 0 Å². The van der Waals surface area contributed by atoms with Crippen LogP contribution in [0.5, 0.6) is 0 Å². The van der Waals surface area contributed by atoms with Crippen LogP contribution in [-0.2, 0) is 65.4 Å². The third-order valence-electron chi connectivity index (χ3n) is 15.3. The molecule has 0 bridgehead atoms. The Morgan fingerprint density at radius 2 is 0.541 bits per heavy atom. The zero-order chi connectivity index (χ0) is 62.8. The molecule has 0 amide bonds. The lowest BCUT2D eigenvalue weighted by atomic mass is 10.0. The van der Waals surface area contributed by atoms with E-state index >= 15 is 0 Å². The molecule has 0 aromatic carbocycles. The van der Waals surface area contributed by atoms with Crippen molar-refractivity contribution in [3.63, 3.8) is 0 Å². The van der Waals surface area contributed by atoms with Gasteiger partial charge in [-0.05, 0) is 31.6 Å². The predicted molar refractivity (Wildman–Crippen MR) is 340 cm³/mol. The van der Waals surface area contributed by atoms with Crippen LogP contribution in [0.15, 0.2) is 0 Å². The van der Waals surface area contributed by atoms with E-state index in [1.165, 1.54) is 161 Å². The van der Waals surface area contributed by atoms with Gasteiger partial charge in [0.25, 0.3) is 0 Å². The summed E-state index contributed by atoms with van der Waals surface area (Å²) in [5.74, 6) is -1.35. The number of phosphoric ester groups is 2. The second kappa shape index (κ2) is 59.7. The molecular formula is C66H128O17P2. The Morgan fingerprint density at radius 1 is 0.318 bits per heavy atom. The summed E-state index contributed by atoms with van der Waals surface area (Å²) >= 11 is 0. The van der Waals surface area contributed by atoms with Crippen LogP contribution in [0.3, 0.4) is 0 Å². The van der Waals surface area contributed by atoms with Crippen molar-refractivity contribution in [3.05, 3.63) is 0 Å². The highest BCUT2D eigenvalue weighted by atomic mass is 31.2. The summed E-state index contributed by atoms with van der Waals surface area (Å²) in [5.41, 5.74) is 0. The van der Waals surface area contributed by atoms with Crippen LogP contribution < -0.4 is 0 Å². The molecule has 2 unspecified atom stereocenters. The minimum Gasteiger partial charge on any atom is -0.462 e.